The Labute approximate surface area is 112 Å². The van der Waals surface area contributed by atoms with E-state index in [0.717, 1.165) is 0 Å². The molecule has 0 bridgehead atoms. The second-order valence-corrected chi connectivity index (χ2v) is 6.48. The third-order valence-corrected chi connectivity index (χ3v) is 4.41. The molecular formula is C12H17N3O3S. The van der Waals surface area contributed by atoms with Crippen molar-refractivity contribution in [3.8, 4) is 0 Å². The van der Waals surface area contributed by atoms with Gasteiger partial charge in [0, 0.05) is 19.3 Å². The molecule has 0 aromatic heterocycles. The first-order valence-corrected chi connectivity index (χ1v) is 7.62. The molecule has 1 aromatic rings. The van der Waals surface area contributed by atoms with E-state index >= 15 is 0 Å². The molecular weight excluding hydrogens is 266 g/mol. The molecule has 6 nitrogen and oxygen atoms in total. The summed E-state index contributed by atoms with van der Waals surface area (Å²) in [6.07, 6.45) is 0.505. The predicted octanol–water partition coefficient (Wildman–Crippen LogP) is -0.0811. The second-order valence-electron chi connectivity index (χ2n) is 4.72. The summed E-state index contributed by atoms with van der Waals surface area (Å²) in [5.41, 5.74) is 6.73. The van der Waals surface area contributed by atoms with Crippen LogP contribution in [-0.2, 0) is 20.6 Å². The third kappa shape index (κ3) is 3.45. The van der Waals surface area contributed by atoms with E-state index in [1.54, 1.807) is 31.3 Å². The molecule has 2 rings (SSSR count). The Morgan fingerprint density at radius 2 is 2.21 bits per heavy atom. The lowest BCUT2D eigenvalue weighted by atomic mass is 10.2. The number of carbonyl (C=O) groups is 1. The van der Waals surface area contributed by atoms with Crippen LogP contribution in [0.25, 0.3) is 0 Å². The molecule has 7 heteroatoms. The topological polar surface area (TPSA) is 92.5 Å². The number of nitrogens with one attached hydrogen (secondary N) is 1. The van der Waals surface area contributed by atoms with Gasteiger partial charge >= 0.3 is 0 Å². The lowest BCUT2D eigenvalue weighted by Crippen LogP contribution is -2.41. The van der Waals surface area contributed by atoms with Gasteiger partial charge in [-0.15, -0.1) is 0 Å². The van der Waals surface area contributed by atoms with Gasteiger partial charge in [-0.1, -0.05) is 12.1 Å². The maximum Gasteiger partial charge on any atom is 0.240 e. The highest BCUT2D eigenvalue weighted by Gasteiger charge is 2.32. The number of nitrogens with two attached hydrogens (primary N) is 1. The van der Waals surface area contributed by atoms with E-state index in [1.807, 2.05) is 0 Å². The minimum atomic E-state index is -3.54. The van der Waals surface area contributed by atoms with E-state index in [2.05, 4.69) is 4.72 Å². The van der Waals surface area contributed by atoms with Crippen LogP contribution in [0.15, 0.2) is 24.3 Å². The SMILES string of the molecule is CN1CCC(NS(=O)(=O)Cc2cccc(N)c2)C1=O. The minimum absolute atomic E-state index is 0.175. The number of hydrogen-bond donors (Lipinski definition) is 2. The summed E-state index contributed by atoms with van der Waals surface area (Å²) in [6, 6.07) is 6.06. The molecule has 0 spiro atoms. The maximum absolute atomic E-state index is 12.0. The molecule has 1 unspecified atom stereocenters. The van der Waals surface area contributed by atoms with Crippen molar-refractivity contribution < 1.29 is 13.2 Å². The van der Waals surface area contributed by atoms with E-state index < -0.39 is 16.1 Å². The van der Waals surface area contributed by atoms with Crippen molar-refractivity contribution in [2.24, 2.45) is 0 Å². The summed E-state index contributed by atoms with van der Waals surface area (Å²) >= 11 is 0. The number of carbonyl (C=O) groups excluding carboxylic acids is 1. The van der Waals surface area contributed by atoms with Crippen molar-refractivity contribution in [1.29, 1.82) is 0 Å². The fourth-order valence-electron chi connectivity index (χ4n) is 2.09. The summed E-state index contributed by atoms with van der Waals surface area (Å²) in [7, 11) is -1.88. The molecule has 1 saturated heterocycles. The standard InChI is InChI=1S/C12H17N3O3S/c1-15-6-5-11(12(15)16)14-19(17,18)8-9-3-2-4-10(13)7-9/h2-4,7,11,14H,5-6,8,13H2,1H3. The first-order valence-electron chi connectivity index (χ1n) is 5.97. The zero-order valence-electron chi connectivity index (χ0n) is 10.7. The Kier molecular flexibility index (Phi) is 3.77. The quantitative estimate of drug-likeness (QED) is 0.756. The molecule has 104 valence electrons. The van der Waals surface area contributed by atoms with Gasteiger partial charge < -0.3 is 10.6 Å². The van der Waals surface area contributed by atoms with E-state index in [4.69, 9.17) is 5.73 Å². The van der Waals surface area contributed by atoms with Gasteiger partial charge in [0.2, 0.25) is 15.9 Å². The average molecular weight is 283 g/mol. The van der Waals surface area contributed by atoms with Gasteiger partial charge in [-0.2, -0.15) is 0 Å². The van der Waals surface area contributed by atoms with Crippen molar-refractivity contribution in [3.05, 3.63) is 29.8 Å². The Bertz CT molecular complexity index is 586. The molecule has 19 heavy (non-hydrogen) atoms. The predicted molar refractivity (Wildman–Crippen MR) is 72.7 cm³/mol. The van der Waals surface area contributed by atoms with Crippen molar-refractivity contribution >= 4 is 21.6 Å². The fraction of sp³-hybridized carbons (Fsp3) is 0.417. The van der Waals surface area contributed by atoms with Gasteiger partial charge in [0.25, 0.3) is 0 Å². The largest absolute Gasteiger partial charge is 0.399 e. The number of rotatable bonds is 4. The van der Waals surface area contributed by atoms with Crippen molar-refractivity contribution in [3.63, 3.8) is 0 Å². The summed E-state index contributed by atoms with van der Waals surface area (Å²) in [5.74, 6) is -0.359. The molecule has 1 aromatic carbocycles. The zero-order valence-corrected chi connectivity index (χ0v) is 11.5. The van der Waals surface area contributed by atoms with Gasteiger partial charge in [-0.25, -0.2) is 13.1 Å². The zero-order chi connectivity index (χ0) is 14.0. The van der Waals surface area contributed by atoms with Gasteiger partial charge in [-0.3, -0.25) is 4.79 Å². The van der Waals surface area contributed by atoms with E-state index in [-0.39, 0.29) is 11.7 Å². The highest BCUT2D eigenvalue weighted by atomic mass is 32.2. The van der Waals surface area contributed by atoms with E-state index in [1.165, 1.54) is 4.90 Å². The minimum Gasteiger partial charge on any atom is -0.399 e. The van der Waals surface area contributed by atoms with Crippen LogP contribution in [0.5, 0.6) is 0 Å². The fourth-order valence-corrected chi connectivity index (χ4v) is 3.45. The Hall–Kier alpha value is -1.60. The molecule has 0 radical (unpaired) electrons. The highest BCUT2D eigenvalue weighted by molar-refractivity contribution is 7.88. The number of sulfonamides is 1. The summed E-state index contributed by atoms with van der Waals surface area (Å²) in [5, 5.41) is 0. The van der Waals surface area contributed by atoms with Crippen molar-refractivity contribution in [2.75, 3.05) is 19.3 Å². The molecule has 1 fully saturated rings. The third-order valence-electron chi connectivity index (χ3n) is 3.06. The van der Waals surface area contributed by atoms with Crippen LogP contribution in [0.1, 0.15) is 12.0 Å². The maximum atomic E-state index is 12.0. The van der Waals surface area contributed by atoms with E-state index in [0.29, 0.717) is 24.2 Å². The van der Waals surface area contributed by atoms with Crippen LogP contribution < -0.4 is 10.5 Å². The molecule has 1 atom stereocenters. The normalized spacial score (nSPS) is 19.9. The summed E-state index contributed by atoms with van der Waals surface area (Å²) in [6.45, 7) is 0.574. The first-order chi connectivity index (χ1) is 8.87. The van der Waals surface area contributed by atoms with Crippen LogP contribution in [0.4, 0.5) is 5.69 Å². The van der Waals surface area contributed by atoms with Gasteiger partial charge in [-0.05, 0) is 24.1 Å². The number of nitrogen functional groups attached to an aromatic ring is 1. The monoisotopic (exact) mass is 283 g/mol. The first kappa shape index (κ1) is 13.8. The Balaban J connectivity index is 2.05. The van der Waals surface area contributed by atoms with Crippen molar-refractivity contribution in [1.82, 2.24) is 9.62 Å². The number of likely N-dealkylation sites (N-methyl/N-ethyl adjacent to an activating group) is 1. The van der Waals surface area contributed by atoms with Gasteiger partial charge in [0.1, 0.15) is 6.04 Å². The van der Waals surface area contributed by atoms with Crippen molar-refractivity contribution in [2.45, 2.75) is 18.2 Å². The molecule has 0 saturated carbocycles. The smallest absolute Gasteiger partial charge is 0.240 e. The van der Waals surface area contributed by atoms with Crippen LogP contribution in [0.2, 0.25) is 0 Å². The Morgan fingerprint density at radius 3 is 2.79 bits per heavy atom. The summed E-state index contributed by atoms with van der Waals surface area (Å²) < 4.78 is 26.4. The number of nitrogens with zero attached hydrogens (tertiary/aromatic N) is 1. The molecule has 3 N–H and O–H groups in total. The Morgan fingerprint density at radius 1 is 1.47 bits per heavy atom. The molecule has 0 aliphatic carbocycles. The highest BCUT2D eigenvalue weighted by Crippen LogP contribution is 2.13. The van der Waals surface area contributed by atoms with Crippen LogP contribution in [0.3, 0.4) is 0 Å². The summed E-state index contributed by atoms with van der Waals surface area (Å²) in [4.78, 5) is 13.2. The molecule has 1 amide bonds. The van der Waals surface area contributed by atoms with Crippen LogP contribution >= 0.6 is 0 Å². The molecule has 1 aliphatic rings. The average Bonchev–Trinajstić information content (AvgIpc) is 2.60. The molecule has 1 heterocycles. The van der Waals surface area contributed by atoms with Gasteiger partial charge in [0.05, 0.1) is 5.75 Å². The number of anilines is 1. The number of benzene rings is 1. The second kappa shape index (κ2) is 5.18. The molecule has 1 aliphatic heterocycles. The lowest BCUT2D eigenvalue weighted by molar-refractivity contribution is -0.127. The van der Waals surface area contributed by atoms with E-state index in [9.17, 15) is 13.2 Å². The number of likely N-dealkylation sites (tertiary alicyclic amines) is 1. The van der Waals surface area contributed by atoms with Gasteiger partial charge in [0.15, 0.2) is 0 Å². The van der Waals surface area contributed by atoms with Crippen LogP contribution in [0, 0.1) is 0 Å². The number of hydrogen-bond acceptors (Lipinski definition) is 4. The number of amides is 1. The lowest BCUT2D eigenvalue weighted by Gasteiger charge is -2.12. The van der Waals surface area contributed by atoms with Crippen LogP contribution in [-0.4, -0.2) is 38.9 Å².